The third-order valence-electron chi connectivity index (χ3n) is 12.3. The molecule has 326 valence electrons. The van der Waals surface area contributed by atoms with E-state index in [1.807, 2.05) is 24.3 Å². The number of rotatable bonds is 7. The number of amides is 2. The summed E-state index contributed by atoms with van der Waals surface area (Å²) in [6.07, 6.45) is -6.71. The third-order valence-corrected chi connectivity index (χ3v) is 12.7. The Morgan fingerprint density at radius 1 is 1.05 bits per heavy atom. The molecule has 9 rings (SSSR count). The van der Waals surface area contributed by atoms with Gasteiger partial charge in [-0.05, 0) is 63.2 Å². The van der Waals surface area contributed by atoms with Crippen LogP contribution < -0.4 is 15.8 Å². The van der Waals surface area contributed by atoms with Gasteiger partial charge >= 0.3 is 6.18 Å². The first-order valence-corrected chi connectivity index (χ1v) is 20.4. The molecule has 21 heteroatoms. The van der Waals surface area contributed by atoms with Crippen molar-refractivity contribution in [3.8, 4) is 17.1 Å². The highest BCUT2D eigenvalue weighted by Crippen LogP contribution is 2.49. The molecule has 4 aliphatic heterocycles. The molecule has 0 unspecified atom stereocenters. The van der Waals surface area contributed by atoms with Gasteiger partial charge in [0.25, 0.3) is 11.5 Å². The molecule has 2 N–H and O–H groups in total. The van der Waals surface area contributed by atoms with E-state index in [0.29, 0.717) is 11.6 Å². The maximum absolute atomic E-state index is 16.9. The number of halogens is 5. The lowest BCUT2D eigenvalue weighted by Crippen LogP contribution is -2.64. The first-order chi connectivity index (χ1) is 29.5. The second-order valence-corrected chi connectivity index (χ2v) is 16.7. The van der Waals surface area contributed by atoms with E-state index < -0.39 is 65.8 Å². The number of alkyl halides is 4. The van der Waals surface area contributed by atoms with E-state index in [4.69, 9.17) is 26.1 Å². The molecule has 0 aliphatic carbocycles. The Morgan fingerprint density at radius 2 is 1.77 bits per heavy atom. The number of likely N-dealkylation sites (tertiary alicyclic amines) is 1. The van der Waals surface area contributed by atoms with Crippen LogP contribution in [0.25, 0.3) is 17.2 Å². The number of aryl methyl sites for hydroxylation is 1. The quantitative estimate of drug-likeness (QED) is 0.215. The summed E-state index contributed by atoms with van der Waals surface area (Å²) in [4.78, 5) is 60.3. The van der Waals surface area contributed by atoms with Gasteiger partial charge in [-0.25, -0.2) is 14.4 Å². The minimum absolute atomic E-state index is 0.0610. The number of anilines is 2. The van der Waals surface area contributed by atoms with Gasteiger partial charge in [0.05, 0.1) is 64.6 Å². The standard InChI is InChI=1S/C41H41ClF4N10O6/c1-22-34(58)32(48-21-47-22)37(60)53-11-10-40(29(43)17-53)31-33(23(2)62-40)55(18-30(57)49-28-9-6-25(16-27(28)42)41(44,45)46)38-50-35(51-56(38)36(31)59)24-4-7-26(8-5-24)52-12-14-54(15-13-52)39(3)19-61-20-39/h4-9,16,21,23,29,58H,10-15,17-20H2,1-3H3,(H,49,57)/t23-,29+,40+/m1/s1. The fraction of sp³-hybridized carbons (Fsp3) is 0.439. The second-order valence-electron chi connectivity index (χ2n) is 16.3. The van der Waals surface area contributed by atoms with Crippen LogP contribution >= 0.6 is 11.6 Å². The first-order valence-electron chi connectivity index (χ1n) is 20.0. The molecule has 3 fully saturated rings. The Kier molecular flexibility index (Phi) is 10.3. The number of nitrogens with one attached hydrogen (secondary N) is 1. The average molecular weight is 881 g/mol. The highest BCUT2D eigenvalue weighted by Gasteiger charge is 2.56. The van der Waals surface area contributed by atoms with Crippen LogP contribution in [-0.2, 0) is 32.6 Å². The van der Waals surface area contributed by atoms with Crippen LogP contribution in [0.5, 0.6) is 5.75 Å². The number of piperazine rings is 1. The number of hydrogen-bond donors (Lipinski definition) is 2. The number of aromatic nitrogens is 6. The minimum atomic E-state index is -4.67. The lowest BCUT2D eigenvalue weighted by atomic mass is 9.83. The molecule has 7 heterocycles. The number of benzene rings is 2. The molecule has 3 atom stereocenters. The Labute approximate surface area is 356 Å². The van der Waals surface area contributed by atoms with E-state index in [9.17, 15) is 32.7 Å². The highest BCUT2D eigenvalue weighted by atomic mass is 35.5. The summed E-state index contributed by atoms with van der Waals surface area (Å²) in [6.45, 7) is 8.94. The SMILES string of the molecule is Cc1ncnc(C(=O)N2CC[C@]3(O[C@H](C)c4c3c(=O)n3nc(-c5ccc(N6CCN(C7(C)COC7)CC6)cc5)nc3n4CC(=O)Nc3ccc(C(F)(F)F)cc3Cl)[C@@H](F)C2)c1O. The van der Waals surface area contributed by atoms with Gasteiger partial charge in [0.2, 0.25) is 11.7 Å². The van der Waals surface area contributed by atoms with Crippen molar-refractivity contribution in [1.29, 1.82) is 0 Å². The van der Waals surface area contributed by atoms with E-state index >= 15 is 4.39 Å². The number of ether oxygens (including phenoxy) is 2. The van der Waals surface area contributed by atoms with Crippen molar-refractivity contribution in [3.05, 3.63) is 92.4 Å². The normalized spacial score (nSPS) is 22.5. The zero-order chi connectivity index (χ0) is 43.9. The summed E-state index contributed by atoms with van der Waals surface area (Å²) in [6, 6.07) is 10.0. The summed E-state index contributed by atoms with van der Waals surface area (Å²) in [5, 5.41) is 17.2. The van der Waals surface area contributed by atoms with Crippen LogP contribution in [0.4, 0.5) is 28.9 Å². The average Bonchev–Trinajstić information content (AvgIpc) is 3.81. The molecule has 16 nitrogen and oxygen atoms in total. The monoisotopic (exact) mass is 880 g/mol. The molecule has 2 aromatic carbocycles. The number of carbonyl (C=O) groups is 2. The first kappa shape index (κ1) is 41.6. The molecule has 3 saturated heterocycles. The molecule has 1 spiro atoms. The minimum Gasteiger partial charge on any atom is -0.504 e. The predicted molar refractivity (Wildman–Crippen MR) is 216 cm³/mol. The fourth-order valence-corrected chi connectivity index (χ4v) is 9.12. The van der Waals surface area contributed by atoms with Crippen molar-refractivity contribution in [2.45, 2.75) is 63.3 Å². The molecule has 0 bridgehead atoms. The largest absolute Gasteiger partial charge is 0.504 e. The number of carbonyl (C=O) groups excluding carboxylic acids is 2. The Balaban J connectivity index is 1.06. The summed E-state index contributed by atoms with van der Waals surface area (Å²) >= 11 is 6.17. The number of piperidine rings is 1. The van der Waals surface area contributed by atoms with Crippen LogP contribution in [0.15, 0.2) is 53.6 Å². The maximum atomic E-state index is 16.9. The van der Waals surface area contributed by atoms with Crippen molar-refractivity contribution in [3.63, 3.8) is 0 Å². The van der Waals surface area contributed by atoms with Crippen LogP contribution in [0.1, 0.15) is 59.4 Å². The van der Waals surface area contributed by atoms with Gasteiger partial charge in [-0.15, -0.1) is 5.10 Å². The molecular weight excluding hydrogens is 840 g/mol. The van der Waals surface area contributed by atoms with Gasteiger partial charge < -0.3 is 34.3 Å². The zero-order valence-electron chi connectivity index (χ0n) is 33.7. The second kappa shape index (κ2) is 15.3. The van der Waals surface area contributed by atoms with Gasteiger partial charge in [-0.2, -0.15) is 22.7 Å². The summed E-state index contributed by atoms with van der Waals surface area (Å²) in [5.74, 6) is -1.86. The highest BCUT2D eigenvalue weighted by molar-refractivity contribution is 6.33. The van der Waals surface area contributed by atoms with E-state index in [2.05, 4.69) is 37.1 Å². The van der Waals surface area contributed by atoms with Crippen molar-refractivity contribution in [2.24, 2.45) is 0 Å². The maximum Gasteiger partial charge on any atom is 0.416 e. The van der Waals surface area contributed by atoms with Crippen molar-refractivity contribution in [2.75, 3.05) is 62.7 Å². The molecule has 0 saturated carbocycles. The van der Waals surface area contributed by atoms with Crippen LogP contribution in [-0.4, -0.2) is 120 Å². The van der Waals surface area contributed by atoms with Gasteiger partial charge in [-0.1, -0.05) is 11.6 Å². The molecular formula is C41H41ClF4N10O6. The number of aromatic hydroxyl groups is 1. The molecule has 62 heavy (non-hydrogen) atoms. The lowest BCUT2D eigenvalue weighted by molar-refractivity contribution is -0.143. The van der Waals surface area contributed by atoms with Gasteiger partial charge in [0.15, 0.2) is 23.4 Å². The Hall–Kier alpha value is -5.70. The van der Waals surface area contributed by atoms with E-state index in [-0.39, 0.29) is 63.5 Å². The molecule has 2 amide bonds. The zero-order valence-corrected chi connectivity index (χ0v) is 34.5. The topological polar surface area (TPSA) is 173 Å². The number of nitrogens with zero attached hydrogens (tertiary/aromatic N) is 9. The van der Waals surface area contributed by atoms with Gasteiger partial charge in [0, 0.05) is 50.4 Å². The predicted octanol–water partition coefficient (Wildman–Crippen LogP) is 4.75. The van der Waals surface area contributed by atoms with Gasteiger partial charge in [-0.3, -0.25) is 19.3 Å². The molecule has 3 aromatic heterocycles. The molecule has 4 aliphatic rings. The smallest absolute Gasteiger partial charge is 0.416 e. The lowest BCUT2D eigenvalue weighted by Gasteiger charge is -2.50. The van der Waals surface area contributed by atoms with E-state index in [1.165, 1.54) is 16.4 Å². The van der Waals surface area contributed by atoms with E-state index in [0.717, 1.165) is 68.1 Å². The molecule has 0 radical (unpaired) electrons. The molecule has 5 aromatic rings. The summed E-state index contributed by atoms with van der Waals surface area (Å²) < 4.78 is 71.2. The third kappa shape index (κ3) is 7.01. The van der Waals surface area contributed by atoms with Crippen molar-refractivity contribution >= 4 is 40.6 Å². The Bertz CT molecular complexity index is 2670. The van der Waals surface area contributed by atoms with E-state index in [1.54, 1.807) is 6.92 Å². The Morgan fingerprint density at radius 3 is 2.42 bits per heavy atom. The summed E-state index contributed by atoms with van der Waals surface area (Å²) in [7, 11) is 0. The number of hydrogen-bond acceptors (Lipinski definition) is 12. The van der Waals surface area contributed by atoms with Gasteiger partial charge in [0.1, 0.15) is 18.5 Å². The van der Waals surface area contributed by atoms with Crippen molar-refractivity contribution in [1.82, 2.24) is 38.9 Å². The number of fused-ring (bicyclic) bond motifs is 3. The van der Waals surface area contributed by atoms with Crippen molar-refractivity contribution < 1.29 is 41.7 Å². The van der Waals surface area contributed by atoms with Crippen LogP contribution in [0, 0.1) is 6.92 Å². The fourth-order valence-electron chi connectivity index (χ4n) is 8.90. The van der Waals surface area contributed by atoms with Crippen LogP contribution in [0.3, 0.4) is 0 Å². The van der Waals surface area contributed by atoms with Crippen LogP contribution in [0.2, 0.25) is 5.02 Å². The summed E-state index contributed by atoms with van der Waals surface area (Å²) in [5.41, 5.74) is -2.25.